The SMILES string of the molecule is CC(C)(O)/C=C/C[C@](C)(O)[C@@H]1[C@H]2CC[C@@H]3[C@@]4(C)CC[C@H](O)C(C)(C)[C@H]4CC[C@@]3(C)[C@]2(C)C[C@@H]1O. The van der Waals surface area contributed by atoms with Gasteiger partial charge >= 0.3 is 0 Å². The predicted molar refractivity (Wildman–Crippen MR) is 137 cm³/mol. The topological polar surface area (TPSA) is 80.9 Å². The van der Waals surface area contributed by atoms with Crippen molar-refractivity contribution in [3.63, 3.8) is 0 Å². The van der Waals surface area contributed by atoms with Crippen molar-refractivity contribution in [2.45, 2.75) is 130 Å². The highest BCUT2D eigenvalue weighted by Gasteiger charge is 2.70. The van der Waals surface area contributed by atoms with Crippen LogP contribution < -0.4 is 0 Å². The molecule has 4 saturated carbocycles. The fourth-order valence-corrected chi connectivity index (χ4v) is 10.3. The molecule has 10 atom stereocenters. The highest BCUT2D eigenvalue weighted by Crippen LogP contribution is 2.75. The van der Waals surface area contributed by atoms with E-state index in [0.29, 0.717) is 18.3 Å². The van der Waals surface area contributed by atoms with Crippen LogP contribution in [0.4, 0.5) is 0 Å². The van der Waals surface area contributed by atoms with Crippen molar-refractivity contribution in [3.8, 4) is 0 Å². The lowest BCUT2D eigenvalue weighted by molar-refractivity contribution is -0.224. The second kappa shape index (κ2) is 8.04. The molecule has 4 aliphatic rings. The van der Waals surface area contributed by atoms with Gasteiger partial charge in [-0.2, -0.15) is 0 Å². The summed E-state index contributed by atoms with van der Waals surface area (Å²) in [6.07, 6.45) is 10.6. The van der Waals surface area contributed by atoms with Crippen LogP contribution in [0.15, 0.2) is 12.2 Å². The molecule has 0 amide bonds. The van der Waals surface area contributed by atoms with Gasteiger partial charge in [0, 0.05) is 5.92 Å². The van der Waals surface area contributed by atoms with Crippen molar-refractivity contribution in [1.82, 2.24) is 0 Å². The molecule has 0 spiro atoms. The quantitative estimate of drug-likeness (QED) is 0.406. The largest absolute Gasteiger partial charge is 0.393 e. The molecule has 4 aliphatic carbocycles. The highest BCUT2D eigenvalue weighted by atomic mass is 16.3. The second-order valence-corrected chi connectivity index (χ2v) is 15.0. The van der Waals surface area contributed by atoms with E-state index in [2.05, 4.69) is 34.6 Å². The first-order valence-corrected chi connectivity index (χ1v) is 13.9. The van der Waals surface area contributed by atoms with Gasteiger partial charge in [0.05, 0.1) is 23.4 Å². The zero-order chi connectivity index (χ0) is 25.5. The standard InChI is InChI=1S/C30H52O4/c1-25(2,33)14-9-15-30(8,34)24-19-10-11-22-27(5)16-13-23(32)26(3,4)21(27)12-17-28(22,6)29(19,7)18-20(24)31/h9,14,19-24,31-34H,10-13,15-18H2,1-8H3/b14-9+/t19-,20+,21-,22-,23+,24-,27+,28-,29-,30+/m1/s1. The Kier molecular flexibility index (Phi) is 6.30. The number of fused-ring (bicyclic) bond motifs is 5. The summed E-state index contributed by atoms with van der Waals surface area (Å²) < 4.78 is 0. The van der Waals surface area contributed by atoms with Crippen LogP contribution in [0.2, 0.25) is 0 Å². The van der Waals surface area contributed by atoms with E-state index in [9.17, 15) is 20.4 Å². The van der Waals surface area contributed by atoms with Gasteiger partial charge in [-0.1, -0.05) is 46.8 Å². The van der Waals surface area contributed by atoms with E-state index in [1.807, 2.05) is 13.0 Å². The summed E-state index contributed by atoms with van der Waals surface area (Å²) in [5.41, 5.74) is -1.65. The van der Waals surface area contributed by atoms with E-state index in [-0.39, 0.29) is 39.6 Å². The Morgan fingerprint density at radius 3 is 2.09 bits per heavy atom. The minimum Gasteiger partial charge on any atom is -0.393 e. The molecular formula is C30H52O4. The van der Waals surface area contributed by atoms with Crippen LogP contribution in [0, 0.1) is 45.3 Å². The van der Waals surface area contributed by atoms with Gasteiger partial charge in [-0.3, -0.25) is 0 Å². The Hall–Kier alpha value is -0.420. The fourth-order valence-electron chi connectivity index (χ4n) is 10.3. The summed E-state index contributed by atoms with van der Waals surface area (Å²) in [6, 6.07) is 0. The molecular weight excluding hydrogens is 424 g/mol. The fraction of sp³-hybridized carbons (Fsp3) is 0.933. The first-order valence-electron chi connectivity index (χ1n) is 13.9. The smallest absolute Gasteiger partial charge is 0.0771 e. The van der Waals surface area contributed by atoms with E-state index in [1.54, 1.807) is 19.9 Å². The van der Waals surface area contributed by atoms with Gasteiger partial charge in [-0.25, -0.2) is 0 Å². The maximum Gasteiger partial charge on any atom is 0.0771 e. The number of aliphatic hydroxyl groups excluding tert-OH is 2. The molecule has 4 fully saturated rings. The Morgan fingerprint density at radius 1 is 0.824 bits per heavy atom. The monoisotopic (exact) mass is 476 g/mol. The van der Waals surface area contributed by atoms with Crippen molar-refractivity contribution in [3.05, 3.63) is 12.2 Å². The molecule has 4 rings (SSSR count). The first kappa shape index (κ1) is 26.6. The molecule has 0 bridgehead atoms. The highest BCUT2D eigenvalue weighted by molar-refractivity contribution is 5.20. The molecule has 0 aliphatic heterocycles. The molecule has 4 heteroatoms. The minimum absolute atomic E-state index is 0.0157. The lowest BCUT2D eigenvalue weighted by Gasteiger charge is -2.69. The van der Waals surface area contributed by atoms with Gasteiger partial charge in [0.15, 0.2) is 0 Å². The third-order valence-corrected chi connectivity index (χ3v) is 12.2. The molecule has 0 unspecified atom stereocenters. The predicted octanol–water partition coefficient (Wildman–Crippen LogP) is 5.47. The van der Waals surface area contributed by atoms with E-state index in [1.165, 1.54) is 0 Å². The van der Waals surface area contributed by atoms with Crippen LogP contribution in [0.3, 0.4) is 0 Å². The number of rotatable bonds is 4. The average molecular weight is 477 g/mol. The summed E-state index contributed by atoms with van der Waals surface area (Å²) in [5, 5.41) is 44.0. The minimum atomic E-state index is -1.01. The van der Waals surface area contributed by atoms with E-state index >= 15 is 0 Å². The molecule has 0 heterocycles. The van der Waals surface area contributed by atoms with Gasteiger partial charge in [0.25, 0.3) is 0 Å². The Balaban J connectivity index is 1.65. The van der Waals surface area contributed by atoms with Gasteiger partial charge in [0.1, 0.15) is 0 Å². The normalized spacial score (nSPS) is 50.4. The lowest BCUT2D eigenvalue weighted by atomic mass is 9.35. The molecule has 0 aromatic carbocycles. The summed E-state index contributed by atoms with van der Waals surface area (Å²) >= 11 is 0. The second-order valence-electron chi connectivity index (χ2n) is 15.0. The van der Waals surface area contributed by atoms with Crippen molar-refractivity contribution in [1.29, 1.82) is 0 Å². The zero-order valence-electron chi connectivity index (χ0n) is 23.1. The van der Waals surface area contributed by atoms with Crippen molar-refractivity contribution in [2.24, 2.45) is 45.3 Å². The summed E-state index contributed by atoms with van der Waals surface area (Å²) in [4.78, 5) is 0. The Labute approximate surface area is 208 Å². The van der Waals surface area contributed by atoms with E-state index < -0.39 is 17.3 Å². The number of hydrogen-bond acceptors (Lipinski definition) is 4. The molecule has 0 radical (unpaired) electrons. The summed E-state index contributed by atoms with van der Waals surface area (Å²) in [6.45, 7) is 17.4. The third kappa shape index (κ3) is 3.76. The zero-order valence-corrected chi connectivity index (χ0v) is 23.1. The van der Waals surface area contributed by atoms with Crippen LogP contribution in [0.25, 0.3) is 0 Å². The number of hydrogen-bond donors (Lipinski definition) is 4. The molecule has 0 aromatic heterocycles. The molecule has 4 nitrogen and oxygen atoms in total. The molecule has 34 heavy (non-hydrogen) atoms. The van der Waals surface area contributed by atoms with Crippen LogP contribution in [0.1, 0.15) is 107 Å². The average Bonchev–Trinajstić information content (AvgIpc) is 2.96. The Bertz CT molecular complexity index is 809. The van der Waals surface area contributed by atoms with Crippen molar-refractivity contribution in [2.75, 3.05) is 0 Å². The van der Waals surface area contributed by atoms with Gasteiger partial charge < -0.3 is 20.4 Å². The van der Waals surface area contributed by atoms with Gasteiger partial charge in [-0.15, -0.1) is 0 Å². The van der Waals surface area contributed by atoms with Gasteiger partial charge in [0.2, 0.25) is 0 Å². The number of aliphatic hydroxyl groups is 4. The molecule has 196 valence electrons. The first-order chi connectivity index (χ1) is 15.4. The summed E-state index contributed by atoms with van der Waals surface area (Å²) in [5.74, 6) is 1.24. The van der Waals surface area contributed by atoms with Crippen LogP contribution in [-0.4, -0.2) is 43.8 Å². The van der Waals surface area contributed by atoms with Crippen molar-refractivity contribution >= 4 is 0 Å². The maximum atomic E-state index is 11.6. The van der Waals surface area contributed by atoms with Crippen LogP contribution >= 0.6 is 0 Å². The van der Waals surface area contributed by atoms with Crippen molar-refractivity contribution < 1.29 is 20.4 Å². The van der Waals surface area contributed by atoms with E-state index in [4.69, 9.17) is 0 Å². The van der Waals surface area contributed by atoms with Crippen LogP contribution in [0.5, 0.6) is 0 Å². The molecule has 0 saturated heterocycles. The van der Waals surface area contributed by atoms with Gasteiger partial charge in [-0.05, 0) is 112 Å². The molecule has 4 N–H and O–H groups in total. The summed E-state index contributed by atoms with van der Waals surface area (Å²) in [7, 11) is 0. The Morgan fingerprint density at radius 2 is 1.47 bits per heavy atom. The van der Waals surface area contributed by atoms with E-state index in [0.717, 1.165) is 44.9 Å². The molecule has 0 aromatic rings. The lowest BCUT2D eigenvalue weighted by Crippen LogP contribution is -2.64. The maximum absolute atomic E-state index is 11.6. The van der Waals surface area contributed by atoms with Crippen LogP contribution in [-0.2, 0) is 0 Å². The third-order valence-electron chi connectivity index (χ3n) is 12.2.